The van der Waals surface area contributed by atoms with E-state index in [1.165, 1.54) is 0 Å². The van der Waals surface area contributed by atoms with Crippen molar-refractivity contribution in [1.82, 2.24) is 0 Å². The molecule has 0 saturated carbocycles. The SMILES string of the molecule is C=N/C(=N\CN)c1cccc(NC(=O)c2ccc(C(C)(C)C)cc2)c1CO.C=NCC. The van der Waals surface area contributed by atoms with Crippen LogP contribution in [0.5, 0.6) is 0 Å². The molecular formula is C24H33N5O2. The van der Waals surface area contributed by atoms with Crippen LogP contribution < -0.4 is 11.1 Å². The molecule has 7 heteroatoms. The Morgan fingerprint density at radius 3 is 2.19 bits per heavy atom. The third-order valence-electron chi connectivity index (χ3n) is 4.45. The molecule has 0 unspecified atom stereocenters. The molecule has 2 aromatic carbocycles. The molecule has 31 heavy (non-hydrogen) atoms. The number of rotatable bonds is 6. The van der Waals surface area contributed by atoms with Gasteiger partial charge in [-0.25, -0.2) is 4.99 Å². The molecule has 0 atom stereocenters. The van der Waals surface area contributed by atoms with E-state index in [1.807, 2.05) is 19.1 Å². The van der Waals surface area contributed by atoms with Gasteiger partial charge in [-0.2, -0.15) is 0 Å². The second kappa shape index (κ2) is 12.5. The summed E-state index contributed by atoms with van der Waals surface area (Å²) in [5, 5.41) is 12.7. The van der Waals surface area contributed by atoms with Crippen LogP contribution in [-0.4, -0.2) is 43.5 Å². The summed E-state index contributed by atoms with van der Waals surface area (Å²) in [4.78, 5) is 24.1. The molecule has 4 N–H and O–H groups in total. The van der Waals surface area contributed by atoms with Crippen LogP contribution in [-0.2, 0) is 12.0 Å². The second-order valence-electron chi connectivity index (χ2n) is 7.63. The van der Waals surface area contributed by atoms with Crippen molar-refractivity contribution < 1.29 is 9.90 Å². The summed E-state index contributed by atoms with van der Waals surface area (Å²) in [6.07, 6.45) is 0. The zero-order valence-electron chi connectivity index (χ0n) is 18.9. The number of amides is 1. The molecule has 0 aliphatic rings. The summed E-state index contributed by atoms with van der Waals surface area (Å²) in [5.74, 6) is 0.0679. The number of aliphatic imine (C=N–C) groups is 3. The van der Waals surface area contributed by atoms with Gasteiger partial charge in [0.05, 0.1) is 13.3 Å². The van der Waals surface area contributed by atoms with Crippen LogP contribution in [0.1, 0.15) is 54.7 Å². The van der Waals surface area contributed by atoms with E-state index < -0.39 is 0 Å². The van der Waals surface area contributed by atoms with E-state index in [9.17, 15) is 9.90 Å². The van der Waals surface area contributed by atoms with Crippen LogP contribution in [0.15, 0.2) is 57.4 Å². The van der Waals surface area contributed by atoms with Crippen molar-refractivity contribution >= 4 is 30.9 Å². The highest BCUT2D eigenvalue weighted by atomic mass is 16.3. The Morgan fingerprint density at radius 1 is 1.13 bits per heavy atom. The van der Waals surface area contributed by atoms with Gasteiger partial charge in [0.25, 0.3) is 5.91 Å². The van der Waals surface area contributed by atoms with E-state index in [0.717, 1.165) is 12.1 Å². The Labute approximate surface area is 184 Å². The van der Waals surface area contributed by atoms with Crippen LogP contribution in [0.4, 0.5) is 5.69 Å². The number of aliphatic hydroxyl groups excluding tert-OH is 1. The Bertz CT molecular complexity index is 913. The summed E-state index contributed by atoms with van der Waals surface area (Å²) in [6.45, 7) is 15.6. The smallest absolute Gasteiger partial charge is 0.255 e. The van der Waals surface area contributed by atoms with E-state index in [-0.39, 0.29) is 24.6 Å². The number of carbonyl (C=O) groups excluding carboxylic acids is 1. The van der Waals surface area contributed by atoms with Gasteiger partial charge in [-0.05, 0) is 49.5 Å². The number of nitrogens with one attached hydrogen (secondary N) is 1. The summed E-state index contributed by atoms with van der Waals surface area (Å²) >= 11 is 0. The molecule has 0 radical (unpaired) electrons. The average molecular weight is 424 g/mol. The van der Waals surface area contributed by atoms with E-state index in [0.29, 0.717) is 28.2 Å². The zero-order chi connectivity index (χ0) is 23.4. The van der Waals surface area contributed by atoms with Crippen molar-refractivity contribution in [1.29, 1.82) is 0 Å². The van der Waals surface area contributed by atoms with Gasteiger partial charge < -0.3 is 21.1 Å². The van der Waals surface area contributed by atoms with E-state index in [4.69, 9.17) is 5.73 Å². The third-order valence-corrected chi connectivity index (χ3v) is 4.45. The van der Waals surface area contributed by atoms with Crippen molar-refractivity contribution in [2.24, 2.45) is 20.7 Å². The average Bonchev–Trinajstić information content (AvgIpc) is 2.77. The fourth-order valence-electron chi connectivity index (χ4n) is 2.71. The van der Waals surface area contributed by atoms with Crippen molar-refractivity contribution in [3.05, 3.63) is 64.7 Å². The topological polar surface area (TPSA) is 112 Å². The minimum atomic E-state index is -0.284. The standard InChI is InChI=1S/C21H26N4O2.C3H7N/c1-21(2,3)15-10-8-14(9-11-15)20(27)25-18-7-5-6-16(17(18)12-26)19(23-4)24-13-22;1-3-4-2/h5-11,26H,4,12-13,22H2,1-3H3,(H,25,27);2-3H2,1H3/b24-19-;. The molecule has 0 aliphatic heterocycles. The van der Waals surface area contributed by atoms with Crippen molar-refractivity contribution in [2.75, 3.05) is 18.5 Å². The van der Waals surface area contributed by atoms with Gasteiger partial charge in [-0.3, -0.25) is 9.79 Å². The molecule has 0 bridgehead atoms. The second-order valence-corrected chi connectivity index (χ2v) is 7.63. The Balaban J connectivity index is 0.00000110. The summed E-state index contributed by atoms with van der Waals surface area (Å²) in [7, 11) is 0. The van der Waals surface area contributed by atoms with Gasteiger partial charge in [0.15, 0.2) is 5.84 Å². The molecule has 0 aromatic heterocycles. The largest absolute Gasteiger partial charge is 0.392 e. The van der Waals surface area contributed by atoms with Gasteiger partial charge in [0, 0.05) is 28.9 Å². The minimum Gasteiger partial charge on any atom is -0.392 e. The van der Waals surface area contributed by atoms with Gasteiger partial charge in [-0.15, -0.1) is 0 Å². The maximum atomic E-state index is 12.6. The quantitative estimate of drug-likeness (QED) is 0.485. The Kier molecular flexibility index (Phi) is 10.4. The lowest BCUT2D eigenvalue weighted by Crippen LogP contribution is -2.16. The summed E-state index contributed by atoms with van der Waals surface area (Å²) in [6, 6.07) is 12.7. The van der Waals surface area contributed by atoms with Crippen molar-refractivity contribution in [3.8, 4) is 0 Å². The summed E-state index contributed by atoms with van der Waals surface area (Å²) in [5.41, 5.74) is 8.76. The molecule has 0 saturated heterocycles. The molecular weight excluding hydrogens is 390 g/mol. The zero-order valence-corrected chi connectivity index (χ0v) is 18.9. The number of benzene rings is 2. The molecule has 2 aromatic rings. The highest BCUT2D eigenvalue weighted by Crippen LogP contribution is 2.24. The fraction of sp³-hybridized carbons (Fsp3) is 0.333. The minimum absolute atomic E-state index is 0.0177. The van der Waals surface area contributed by atoms with Crippen LogP contribution in [0.3, 0.4) is 0 Å². The van der Waals surface area contributed by atoms with Gasteiger partial charge in [-0.1, -0.05) is 45.0 Å². The lowest BCUT2D eigenvalue weighted by Gasteiger charge is -2.19. The lowest BCUT2D eigenvalue weighted by molar-refractivity contribution is 0.102. The van der Waals surface area contributed by atoms with Gasteiger partial charge in [0.1, 0.15) is 0 Å². The molecule has 0 spiro atoms. The van der Waals surface area contributed by atoms with Crippen molar-refractivity contribution in [2.45, 2.75) is 39.7 Å². The number of nitrogens with two attached hydrogens (primary N) is 1. The molecule has 0 heterocycles. The molecule has 1 amide bonds. The number of anilines is 1. The first-order valence-corrected chi connectivity index (χ1v) is 10.0. The van der Waals surface area contributed by atoms with Crippen LogP contribution in [0.2, 0.25) is 0 Å². The van der Waals surface area contributed by atoms with E-state index in [1.54, 1.807) is 30.3 Å². The Morgan fingerprint density at radius 2 is 1.74 bits per heavy atom. The molecule has 7 nitrogen and oxygen atoms in total. The van der Waals surface area contributed by atoms with Crippen molar-refractivity contribution in [3.63, 3.8) is 0 Å². The maximum absolute atomic E-state index is 12.6. The van der Waals surface area contributed by atoms with Gasteiger partial charge >= 0.3 is 0 Å². The first-order valence-electron chi connectivity index (χ1n) is 10.0. The number of carbonyl (C=O) groups is 1. The van der Waals surface area contributed by atoms with Crippen LogP contribution in [0, 0.1) is 0 Å². The maximum Gasteiger partial charge on any atom is 0.255 e. The number of hydrogen-bond donors (Lipinski definition) is 3. The third kappa shape index (κ3) is 7.55. The highest BCUT2D eigenvalue weighted by molar-refractivity contribution is 6.07. The predicted octanol–water partition coefficient (Wildman–Crippen LogP) is 3.80. The van der Waals surface area contributed by atoms with Crippen LogP contribution >= 0.6 is 0 Å². The molecule has 0 aliphatic carbocycles. The van der Waals surface area contributed by atoms with Crippen LogP contribution in [0.25, 0.3) is 0 Å². The normalized spacial score (nSPS) is 11.2. The monoisotopic (exact) mass is 423 g/mol. The molecule has 166 valence electrons. The molecule has 0 fully saturated rings. The number of nitrogens with zero attached hydrogens (tertiary/aromatic N) is 3. The lowest BCUT2D eigenvalue weighted by atomic mass is 9.86. The van der Waals surface area contributed by atoms with Gasteiger partial charge in [0.2, 0.25) is 0 Å². The predicted molar refractivity (Wildman–Crippen MR) is 131 cm³/mol. The fourth-order valence-corrected chi connectivity index (χ4v) is 2.71. The summed E-state index contributed by atoms with van der Waals surface area (Å²) < 4.78 is 0. The number of hydrogen-bond acceptors (Lipinski definition) is 5. The molecule has 2 rings (SSSR count). The van der Waals surface area contributed by atoms with E-state index >= 15 is 0 Å². The van der Waals surface area contributed by atoms with E-state index in [2.05, 4.69) is 54.5 Å². The highest BCUT2D eigenvalue weighted by Gasteiger charge is 2.16. The number of aliphatic hydroxyl groups is 1. The Hall–Kier alpha value is -3.16. The first-order chi connectivity index (χ1) is 14.7. The first kappa shape index (κ1) is 25.9. The number of amidine groups is 1.